The Labute approximate surface area is 116 Å². The number of ether oxygens (including phenoxy) is 1. The number of ketones is 1. The molecule has 1 unspecified atom stereocenters. The first-order valence-electron chi connectivity index (χ1n) is 6.93. The zero-order chi connectivity index (χ0) is 13.5. The summed E-state index contributed by atoms with van der Waals surface area (Å²) in [6.45, 7) is 0.575. The van der Waals surface area contributed by atoms with Crippen LogP contribution in [0, 0.1) is 0 Å². The Balaban J connectivity index is 1.76. The third-order valence-corrected chi connectivity index (χ3v) is 4.02. The Morgan fingerprint density at radius 2 is 2.10 bits per heavy atom. The van der Waals surface area contributed by atoms with E-state index in [9.17, 15) is 4.79 Å². The van der Waals surface area contributed by atoms with Crippen molar-refractivity contribution in [3.05, 3.63) is 53.1 Å². The van der Waals surface area contributed by atoms with Gasteiger partial charge in [0.2, 0.25) is 0 Å². The Hall–Kier alpha value is -2.23. The maximum absolute atomic E-state index is 11.8. The second-order valence-electron chi connectivity index (χ2n) is 5.27. The molecule has 1 atom stereocenters. The first-order valence-corrected chi connectivity index (χ1v) is 6.93. The number of aryl methyl sites for hydroxylation is 1. The molecule has 1 aliphatic carbocycles. The maximum atomic E-state index is 11.8. The summed E-state index contributed by atoms with van der Waals surface area (Å²) in [4.78, 5) is 20.9. The van der Waals surface area contributed by atoms with Gasteiger partial charge in [-0.25, -0.2) is 9.97 Å². The highest BCUT2D eigenvalue weighted by Gasteiger charge is 2.29. The molecule has 1 aromatic heterocycles. The summed E-state index contributed by atoms with van der Waals surface area (Å²) >= 11 is 0. The van der Waals surface area contributed by atoms with Gasteiger partial charge in [-0.2, -0.15) is 0 Å². The van der Waals surface area contributed by atoms with E-state index < -0.39 is 0 Å². The van der Waals surface area contributed by atoms with E-state index in [1.54, 1.807) is 6.20 Å². The van der Waals surface area contributed by atoms with E-state index in [1.165, 1.54) is 0 Å². The minimum atomic E-state index is 0.0773. The number of para-hydroxylation sites is 1. The number of rotatable bonds is 1. The predicted molar refractivity (Wildman–Crippen MR) is 73.1 cm³/mol. The smallest absolute Gasteiger partial charge is 0.166 e. The molecule has 0 saturated carbocycles. The first-order chi connectivity index (χ1) is 9.83. The van der Waals surface area contributed by atoms with Crippen molar-refractivity contribution in [2.24, 2.45) is 0 Å². The number of fused-ring (bicyclic) bond motifs is 2. The van der Waals surface area contributed by atoms with Gasteiger partial charge in [-0.1, -0.05) is 18.2 Å². The molecule has 0 spiro atoms. The summed E-state index contributed by atoms with van der Waals surface area (Å²) in [6.07, 6.45) is 4.07. The highest BCUT2D eigenvalue weighted by Crippen LogP contribution is 2.36. The molecule has 2 aliphatic rings. The monoisotopic (exact) mass is 266 g/mol. The molecule has 4 nitrogen and oxygen atoms in total. The van der Waals surface area contributed by atoms with Crippen LogP contribution in [0.15, 0.2) is 30.5 Å². The molecule has 1 aromatic carbocycles. The van der Waals surface area contributed by atoms with Crippen molar-refractivity contribution in [3.63, 3.8) is 0 Å². The quantitative estimate of drug-likeness (QED) is 0.796. The first kappa shape index (κ1) is 11.6. The molecule has 100 valence electrons. The van der Waals surface area contributed by atoms with E-state index in [-0.39, 0.29) is 11.7 Å². The van der Waals surface area contributed by atoms with Gasteiger partial charge in [0.25, 0.3) is 0 Å². The standard InChI is InChI=1S/C16H14N2O2/c19-14-6-3-5-13-11(14)8-17-16(18-13)12-9-20-15-7-2-1-4-10(12)15/h1-2,4,7-8,12H,3,5-6,9H2. The number of hydrogen-bond donors (Lipinski definition) is 0. The van der Waals surface area contributed by atoms with Crippen LogP contribution in [0.1, 0.15) is 46.2 Å². The van der Waals surface area contributed by atoms with Gasteiger partial charge in [0, 0.05) is 18.2 Å². The molecule has 2 aromatic rings. The Morgan fingerprint density at radius 1 is 1.20 bits per heavy atom. The fraction of sp³-hybridized carbons (Fsp3) is 0.312. The average Bonchev–Trinajstić information content (AvgIpc) is 2.91. The molecule has 0 N–H and O–H groups in total. The van der Waals surface area contributed by atoms with Gasteiger partial charge in [0.05, 0.1) is 17.2 Å². The van der Waals surface area contributed by atoms with E-state index >= 15 is 0 Å². The molecule has 0 saturated heterocycles. The van der Waals surface area contributed by atoms with Gasteiger partial charge in [0.15, 0.2) is 5.78 Å². The van der Waals surface area contributed by atoms with Crippen LogP contribution in [-0.4, -0.2) is 22.4 Å². The molecular formula is C16H14N2O2. The van der Waals surface area contributed by atoms with Gasteiger partial charge >= 0.3 is 0 Å². The summed E-state index contributed by atoms with van der Waals surface area (Å²) in [5.41, 5.74) is 2.73. The van der Waals surface area contributed by atoms with Gasteiger partial charge in [-0.05, 0) is 18.9 Å². The van der Waals surface area contributed by atoms with Gasteiger partial charge < -0.3 is 4.74 Å². The molecule has 0 amide bonds. The third kappa shape index (κ3) is 1.72. The lowest BCUT2D eigenvalue weighted by Gasteiger charge is -2.15. The fourth-order valence-corrected chi connectivity index (χ4v) is 2.95. The van der Waals surface area contributed by atoms with Crippen molar-refractivity contribution in [1.82, 2.24) is 9.97 Å². The summed E-state index contributed by atoms with van der Waals surface area (Å²) < 4.78 is 5.68. The molecule has 20 heavy (non-hydrogen) atoms. The van der Waals surface area contributed by atoms with Crippen LogP contribution in [0.25, 0.3) is 0 Å². The van der Waals surface area contributed by atoms with Crippen molar-refractivity contribution < 1.29 is 9.53 Å². The Kier molecular flexibility index (Phi) is 2.55. The van der Waals surface area contributed by atoms with Crippen LogP contribution in [0.2, 0.25) is 0 Å². The Bertz CT molecular complexity index is 697. The number of aromatic nitrogens is 2. The van der Waals surface area contributed by atoms with Crippen LogP contribution < -0.4 is 4.74 Å². The Morgan fingerprint density at radius 3 is 3.05 bits per heavy atom. The van der Waals surface area contributed by atoms with Crippen LogP contribution in [0.5, 0.6) is 5.75 Å². The second-order valence-corrected chi connectivity index (χ2v) is 5.27. The number of nitrogens with zero attached hydrogens (tertiary/aromatic N) is 2. The number of carbonyl (C=O) groups is 1. The van der Waals surface area contributed by atoms with Crippen LogP contribution >= 0.6 is 0 Å². The molecule has 4 rings (SSSR count). The van der Waals surface area contributed by atoms with Crippen LogP contribution in [-0.2, 0) is 6.42 Å². The minimum Gasteiger partial charge on any atom is -0.492 e. The number of benzene rings is 1. The lowest BCUT2D eigenvalue weighted by atomic mass is 9.95. The van der Waals surface area contributed by atoms with E-state index in [1.807, 2.05) is 18.2 Å². The summed E-state index contributed by atoms with van der Waals surface area (Å²) in [6, 6.07) is 7.99. The van der Waals surface area contributed by atoms with Crippen molar-refractivity contribution in [2.45, 2.75) is 25.2 Å². The fourth-order valence-electron chi connectivity index (χ4n) is 2.95. The largest absolute Gasteiger partial charge is 0.492 e. The average molecular weight is 266 g/mol. The van der Waals surface area contributed by atoms with E-state index in [2.05, 4.69) is 16.0 Å². The zero-order valence-electron chi connectivity index (χ0n) is 11.0. The summed E-state index contributed by atoms with van der Waals surface area (Å²) in [5, 5.41) is 0. The predicted octanol–water partition coefficient (Wildman–Crippen LogP) is 2.52. The molecule has 4 heteroatoms. The second kappa shape index (κ2) is 4.40. The van der Waals surface area contributed by atoms with Crippen molar-refractivity contribution in [2.75, 3.05) is 6.61 Å². The highest BCUT2D eigenvalue weighted by atomic mass is 16.5. The number of hydrogen-bond acceptors (Lipinski definition) is 4. The lowest BCUT2D eigenvalue weighted by molar-refractivity contribution is 0.0971. The van der Waals surface area contributed by atoms with Crippen molar-refractivity contribution in [3.8, 4) is 5.75 Å². The molecule has 1 aliphatic heterocycles. The molecule has 2 heterocycles. The normalized spacial score (nSPS) is 20.2. The van der Waals surface area contributed by atoms with Gasteiger partial charge in [-0.15, -0.1) is 0 Å². The summed E-state index contributed by atoms with van der Waals surface area (Å²) in [5.74, 6) is 1.92. The topological polar surface area (TPSA) is 52.1 Å². The molecule has 0 radical (unpaired) electrons. The molecule has 0 bridgehead atoms. The summed E-state index contributed by atoms with van der Waals surface area (Å²) in [7, 11) is 0. The lowest BCUT2D eigenvalue weighted by Crippen LogP contribution is -2.17. The van der Waals surface area contributed by atoms with E-state index in [0.717, 1.165) is 35.7 Å². The van der Waals surface area contributed by atoms with Gasteiger partial charge in [-0.3, -0.25) is 4.79 Å². The third-order valence-electron chi connectivity index (χ3n) is 4.02. The SMILES string of the molecule is O=C1CCCc2nc(C3COc4ccccc43)ncc21. The number of carbonyl (C=O) groups excluding carboxylic acids is 1. The van der Waals surface area contributed by atoms with E-state index in [4.69, 9.17) is 4.74 Å². The molecule has 0 fully saturated rings. The maximum Gasteiger partial charge on any atom is 0.166 e. The van der Waals surface area contributed by atoms with Crippen molar-refractivity contribution >= 4 is 5.78 Å². The van der Waals surface area contributed by atoms with Gasteiger partial charge in [0.1, 0.15) is 18.2 Å². The highest BCUT2D eigenvalue weighted by molar-refractivity contribution is 5.97. The van der Waals surface area contributed by atoms with Crippen molar-refractivity contribution in [1.29, 1.82) is 0 Å². The molecular weight excluding hydrogens is 252 g/mol. The van der Waals surface area contributed by atoms with Crippen LogP contribution in [0.4, 0.5) is 0 Å². The minimum absolute atomic E-state index is 0.0773. The number of Topliss-reactive ketones (excluding diaryl/α,β-unsaturated/α-hetero) is 1. The zero-order valence-corrected chi connectivity index (χ0v) is 11.0. The van der Waals surface area contributed by atoms with E-state index in [0.29, 0.717) is 18.6 Å². The van der Waals surface area contributed by atoms with Crippen LogP contribution in [0.3, 0.4) is 0 Å².